The fourth-order valence-corrected chi connectivity index (χ4v) is 1.96. The summed E-state index contributed by atoms with van der Waals surface area (Å²) in [7, 11) is 1.62. The summed E-state index contributed by atoms with van der Waals surface area (Å²) in [5, 5.41) is 0. The highest BCUT2D eigenvalue weighted by Gasteiger charge is 2.17. The molecule has 0 fully saturated rings. The Labute approximate surface area is 115 Å². The van der Waals surface area contributed by atoms with Crippen molar-refractivity contribution in [1.29, 1.82) is 0 Å². The molecule has 0 aliphatic heterocycles. The average molecular weight is 264 g/mol. The Hall–Kier alpha value is -1.35. The second kappa shape index (κ2) is 7.95. The lowest BCUT2D eigenvalue weighted by Gasteiger charge is -2.19. The van der Waals surface area contributed by atoms with Crippen LogP contribution in [-0.2, 0) is 15.9 Å². The van der Waals surface area contributed by atoms with Crippen molar-refractivity contribution in [2.75, 3.05) is 13.7 Å². The molecule has 0 spiro atoms. The molecule has 0 heterocycles. The summed E-state index contributed by atoms with van der Waals surface area (Å²) < 4.78 is 10.6. The molecule has 0 bridgehead atoms. The number of hydrogen-bond donors (Lipinski definition) is 0. The summed E-state index contributed by atoms with van der Waals surface area (Å²) in [4.78, 5) is 12.0. The highest BCUT2D eigenvalue weighted by molar-refractivity contribution is 5.89. The number of carbonyl (C=O) groups excluding carboxylic acids is 1. The van der Waals surface area contributed by atoms with Gasteiger partial charge in [0.05, 0.1) is 12.2 Å². The van der Waals surface area contributed by atoms with Gasteiger partial charge in [0.25, 0.3) is 0 Å². The molecule has 0 saturated carbocycles. The van der Waals surface area contributed by atoms with Crippen LogP contribution < -0.4 is 0 Å². The van der Waals surface area contributed by atoms with Crippen LogP contribution in [0.3, 0.4) is 0 Å². The molecule has 3 nitrogen and oxygen atoms in total. The largest absolute Gasteiger partial charge is 0.456 e. The van der Waals surface area contributed by atoms with E-state index in [-0.39, 0.29) is 12.1 Å². The van der Waals surface area contributed by atoms with Gasteiger partial charge < -0.3 is 9.47 Å². The van der Waals surface area contributed by atoms with Gasteiger partial charge >= 0.3 is 5.97 Å². The van der Waals surface area contributed by atoms with Gasteiger partial charge in [-0.1, -0.05) is 32.9 Å². The van der Waals surface area contributed by atoms with E-state index in [2.05, 4.69) is 20.8 Å². The van der Waals surface area contributed by atoms with E-state index in [1.807, 2.05) is 24.3 Å². The molecular formula is C16H24O3. The molecule has 1 unspecified atom stereocenters. The van der Waals surface area contributed by atoms with E-state index in [1.165, 1.54) is 5.56 Å². The predicted octanol–water partition coefficient (Wildman–Crippen LogP) is 3.47. The van der Waals surface area contributed by atoms with E-state index in [4.69, 9.17) is 9.47 Å². The third-order valence-corrected chi connectivity index (χ3v) is 2.96. The number of esters is 1. The van der Waals surface area contributed by atoms with E-state index < -0.39 is 0 Å². The van der Waals surface area contributed by atoms with E-state index >= 15 is 0 Å². The Balaban J connectivity index is 2.64. The van der Waals surface area contributed by atoms with Crippen LogP contribution in [0.4, 0.5) is 0 Å². The zero-order chi connectivity index (χ0) is 14.3. The topological polar surface area (TPSA) is 35.5 Å². The molecule has 1 rings (SSSR count). The molecule has 0 radical (unpaired) electrons. The van der Waals surface area contributed by atoms with Crippen LogP contribution in [0.1, 0.15) is 43.1 Å². The molecule has 1 aromatic rings. The third-order valence-electron chi connectivity index (χ3n) is 2.96. The predicted molar refractivity (Wildman–Crippen MR) is 76.4 cm³/mol. The van der Waals surface area contributed by atoms with Gasteiger partial charge in [-0.2, -0.15) is 0 Å². The summed E-state index contributed by atoms with van der Waals surface area (Å²) in [6.07, 6.45) is 1.60. The first-order chi connectivity index (χ1) is 9.06. The van der Waals surface area contributed by atoms with Gasteiger partial charge in [0, 0.05) is 7.11 Å². The lowest BCUT2D eigenvalue weighted by atomic mass is 10.1. The number of aryl methyl sites for hydroxylation is 1. The van der Waals surface area contributed by atoms with Gasteiger partial charge in [0.2, 0.25) is 0 Å². The minimum atomic E-state index is -0.273. The average Bonchev–Trinajstić information content (AvgIpc) is 2.38. The number of methoxy groups -OCH3 is 1. The van der Waals surface area contributed by atoms with E-state index in [0.29, 0.717) is 18.1 Å². The molecule has 0 N–H and O–H groups in total. The highest BCUT2D eigenvalue weighted by Crippen LogP contribution is 2.13. The van der Waals surface area contributed by atoms with Gasteiger partial charge in [-0.05, 0) is 36.5 Å². The monoisotopic (exact) mass is 264 g/mol. The van der Waals surface area contributed by atoms with Gasteiger partial charge in [0.15, 0.2) is 0 Å². The number of ether oxygens (including phenoxy) is 2. The first-order valence-electron chi connectivity index (χ1n) is 6.85. The molecule has 1 aromatic carbocycles. The minimum Gasteiger partial charge on any atom is -0.456 e. The van der Waals surface area contributed by atoms with Gasteiger partial charge in [-0.15, -0.1) is 0 Å². The van der Waals surface area contributed by atoms with Crippen LogP contribution in [0.15, 0.2) is 24.3 Å². The molecular weight excluding hydrogens is 240 g/mol. The molecule has 19 heavy (non-hydrogen) atoms. The Morgan fingerprint density at radius 2 is 1.84 bits per heavy atom. The first-order valence-corrected chi connectivity index (χ1v) is 6.85. The number of benzene rings is 1. The van der Waals surface area contributed by atoms with Crippen molar-refractivity contribution in [1.82, 2.24) is 0 Å². The summed E-state index contributed by atoms with van der Waals surface area (Å²) in [5.74, 6) is 0.195. The van der Waals surface area contributed by atoms with Crippen molar-refractivity contribution in [3.8, 4) is 0 Å². The van der Waals surface area contributed by atoms with Crippen LogP contribution in [0.5, 0.6) is 0 Å². The molecule has 0 aromatic heterocycles. The number of rotatable bonds is 7. The minimum absolute atomic E-state index is 0.177. The normalized spacial score (nSPS) is 12.5. The maximum atomic E-state index is 12.0. The van der Waals surface area contributed by atoms with E-state index in [9.17, 15) is 4.79 Å². The fraction of sp³-hybridized carbons (Fsp3) is 0.562. The van der Waals surface area contributed by atoms with Crippen LogP contribution >= 0.6 is 0 Å². The molecule has 106 valence electrons. The summed E-state index contributed by atoms with van der Waals surface area (Å²) in [6.45, 7) is 6.74. The lowest BCUT2D eigenvalue weighted by molar-refractivity contribution is -0.000679. The SMILES string of the molecule is CCc1ccc(C(=O)OC(COC)CC(C)C)cc1. The summed E-state index contributed by atoms with van der Waals surface area (Å²) in [6, 6.07) is 7.57. The van der Waals surface area contributed by atoms with Gasteiger partial charge in [0.1, 0.15) is 6.10 Å². The zero-order valence-corrected chi connectivity index (χ0v) is 12.3. The smallest absolute Gasteiger partial charge is 0.338 e. The molecule has 0 aliphatic carbocycles. The quantitative estimate of drug-likeness (QED) is 0.707. The van der Waals surface area contributed by atoms with Crippen molar-refractivity contribution in [2.24, 2.45) is 5.92 Å². The summed E-state index contributed by atoms with van der Waals surface area (Å²) in [5.41, 5.74) is 1.81. The van der Waals surface area contributed by atoms with Crippen LogP contribution in [0, 0.1) is 5.92 Å². The Kier molecular flexibility index (Phi) is 6.57. The van der Waals surface area contributed by atoms with Crippen molar-refractivity contribution >= 4 is 5.97 Å². The van der Waals surface area contributed by atoms with E-state index in [0.717, 1.165) is 12.8 Å². The second-order valence-corrected chi connectivity index (χ2v) is 5.16. The summed E-state index contributed by atoms with van der Waals surface area (Å²) >= 11 is 0. The van der Waals surface area contributed by atoms with Crippen molar-refractivity contribution in [3.63, 3.8) is 0 Å². The zero-order valence-electron chi connectivity index (χ0n) is 12.3. The standard InChI is InChI=1S/C16H24O3/c1-5-13-6-8-14(9-7-13)16(17)19-15(11-18-4)10-12(2)3/h6-9,12,15H,5,10-11H2,1-4H3. The molecule has 0 amide bonds. The Morgan fingerprint density at radius 1 is 1.21 bits per heavy atom. The van der Waals surface area contributed by atoms with Crippen LogP contribution in [0.25, 0.3) is 0 Å². The molecule has 3 heteroatoms. The second-order valence-electron chi connectivity index (χ2n) is 5.16. The van der Waals surface area contributed by atoms with Crippen molar-refractivity contribution in [3.05, 3.63) is 35.4 Å². The Morgan fingerprint density at radius 3 is 2.32 bits per heavy atom. The molecule has 0 saturated heterocycles. The van der Waals surface area contributed by atoms with Gasteiger partial charge in [-0.3, -0.25) is 0 Å². The first kappa shape index (κ1) is 15.7. The maximum Gasteiger partial charge on any atom is 0.338 e. The third kappa shape index (κ3) is 5.43. The van der Waals surface area contributed by atoms with Crippen molar-refractivity contribution in [2.45, 2.75) is 39.7 Å². The number of carbonyl (C=O) groups is 1. The lowest BCUT2D eigenvalue weighted by Crippen LogP contribution is -2.24. The number of hydrogen-bond acceptors (Lipinski definition) is 3. The van der Waals surface area contributed by atoms with Crippen molar-refractivity contribution < 1.29 is 14.3 Å². The highest BCUT2D eigenvalue weighted by atomic mass is 16.6. The molecule has 1 atom stereocenters. The maximum absolute atomic E-state index is 12.0. The van der Waals surface area contributed by atoms with E-state index in [1.54, 1.807) is 7.11 Å². The molecule has 0 aliphatic rings. The van der Waals surface area contributed by atoms with Crippen LogP contribution in [0.2, 0.25) is 0 Å². The fourth-order valence-electron chi connectivity index (χ4n) is 1.96. The van der Waals surface area contributed by atoms with Gasteiger partial charge in [-0.25, -0.2) is 4.79 Å². The van der Waals surface area contributed by atoms with Crippen LogP contribution in [-0.4, -0.2) is 25.8 Å². The Bertz CT molecular complexity index is 381.